The molecule has 0 saturated carbocycles. The Bertz CT molecular complexity index is 1630. The Morgan fingerprint density at radius 3 is 2.02 bits per heavy atom. The maximum Gasteiger partial charge on any atom is 1.00 e. The van der Waals surface area contributed by atoms with Crippen molar-refractivity contribution in [2.75, 3.05) is 5.32 Å². The van der Waals surface area contributed by atoms with E-state index < -0.39 is 0 Å². The van der Waals surface area contributed by atoms with Crippen LogP contribution < -0.4 is 45.1 Å². The minimum absolute atomic E-state index is 0. The van der Waals surface area contributed by atoms with Crippen molar-refractivity contribution in [1.29, 1.82) is 0 Å². The second-order valence-electron chi connectivity index (χ2n) is 10.8. The number of hydrogen-bond donors (Lipinski definition) is 2. The summed E-state index contributed by atoms with van der Waals surface area (Å²) in [6, 6.07) is 36.3. The molecule has 4 aromatic rings. The van der Waals surface area contributed by atoms with Crippen LogP contribution in [0.2, 0.25) is 0 Å². The number of allylic oxidation sites excluding steroid dienone is 5. The van der Waals surface area contributed by atoms with Gasteiger partial charge in [0, 0.05) is 34.7 Å². The van der Waals surface area contributed by atoms with Gasteiger partial charge >= 0.3 is 29.6 Å². The Morgan fingerprint density at radius 2 is 1.44 bits per heavy atom. The zero-order valence-corrected chi connectivity index (χ0v) is 29.1. The van der Waals surface area contributed by atoms with Crippen LogP contribution >= 0.6 is 12.0 Å². The average Bonchev–Trinajstić information content (AvgIpc) is 3.08. The fourth-order valence-electron chi connectivity index (χ4n) is 5.58. The molecule has 7 heteroatoms. The third kappa shape index (κ3) is 9.18. The molecule has 0 aliphatic heterocycles. The van der Waals surface area contributed by atoms with Gasteiger partial charge in [0.1, 0.15) is 0 Å². The van der Waals surface area contributed by atoms with Gasteiger partial charge in [0.2, 0.25) is 0 Å². The Kier molecular flexibility index (Phi) is 13.5. The van der Waals surface area contributed by atoms with E-state index >= 15 is 0 Å². The molecule has 5 nitrogen and oxygen atoms in total. The van der Waals surface area contributed by atoms with E-state index in [0.29, 0.717) is 0 Å². The first-order chi connectivity index (χ1) is 21.6. The summed E-state index contributed by atoms with van der Waals surface area (Å²) in [6.07, 6.45) is 10.6. The first-order valence-corrected chi connectivity index (χ1v) is 15.8. The van der Waals surface area contributed by atoms with Crippen molar-refractivity contribution in [2.45, 2.75) is 50.6 Å². The largest absolute Gasteiger partial charge is 1.00 e. The topological polar surface area (TPSA) is 67.5 Å². The maximum absolute atomic E-state index is 10.4. The first-order valence-electron chi connectivity index (χ1n) is 15.0. The molecule has 0 fully saturated rings. The molecule has 1 aliphatic carbocycles. The molecule has 0 saturated heterocycles. The van der Waals surface area contributed by atoms with Crippen LogP contribution in [-0.4, -0.2) is 5.71 Å². The zero-order valence-electron chi connectivity index (χ0n) is 26.3. The molecule has 0 amide bonds. The molecule has 2 atom stereocenters. The van der Waals surface area contributed by atoms with E-state index in [1.165, 1.54) is 11.1 Å². The maximum atomic E-state index is 10.4. The predicted octanol–water partition coefficient (Wildman–Crippen LogP) is 4.39. The number of aryl methyl sites for hydroxylation is 1. The Hall–Kier alpha value is -3.20. The minimum atomic E-state index is 0. The summed E-state index contributed by atoms with van der Waals surface area (Å²) < 4.78 is 4.56. The van der Waals surface area contributed by atoms with Crippen LogP contribution in [0.4, 0.5) is 5.69 Å². The molecule has 2 N–H and O–H groups in total. The predicted molar refractivity (Wildman–Crippen MR) is 178 cm³/mol. The summed E-state index contributed by atoms with van der Waals surface area (Å²) in [6.45, 7) is 6.47. The van der Waals surface area contributed by atoms with Crippen molar-refractivity contribution in [3.05, 3.63) is 161 Å². The van der Waals surface area contributed by atoms with Gasteiger partial charge < -0.3 is 10.6 Å². The molecule has 1 aliphatic rings. The summed E-state index contributed by atoms with van der Waals surface area (Å²) in [4.78, 5) is 4.49. The zero-order chi connectivity index (χ0) is 30.7. The molecule has 5 rings (SSSR count). The van der Waals surface area contributed by atoms with Crippen LogP contribution in [0.1, 0.15) is 66.6 Å². The van der Waals surface area contributed by atoms with Gasteiger partial charge in [-0.2, -0.15) is 4.33 Å². The molecule has 224 valence electrons. The fourth-order valence-corrected chi connectivity index (χ4v) is 6.04. The van der Waals surface area contributed by atoms with Crippen LogP contribution in [0.25, 0.3) is 5.57 Å². The molecule has 0 aromatic heterocycles. The van der Waals surface area contributed by atoms with Crippen molar-refractivity contribution < 1.29 is 49.2 Å². The summed E-state index contributed by atoms with van der Waals surface area (Å²) in [7, 11) is 0. The average molecular weight is 626 g/mol. The van der Waals surface area contributed by atoms with Crippen molar-refractivity contribution >= 4 is 29.0 Å². The molecular formula is C38H38N2NaO3S+. The van der Waals surface area contributed by atoms with Gasteiger partial charge in [-0.3, -0.25) is 5.04 Å². The first kappa shape index (κ1) is 34.7. The number of anilines is 1. The van der Waals surface area contributed by atoms with Crippen LogP contribution in [0.15, 0.2) is 138 Å². The van der Waals surface area contributed by atoms with Crippen LogP contribution in [0.3, 0.4) is 0 Å². The van der Waals surface area contributed by atoms with Gasteiger partial charge in [0.25, 0.3) is 0 Å². The summed E-state index contributed by atoms with van der Waals surface area (Å²) in [5.41, 5.74) is 10.2. The van der Waals surface area contributed by atoms with E-state index in [4.69, 9.17) is 0 Å². The Labute approximate surface area is 293 Å². The molecule has 0 spiro atoms. The van der Waals surface area contributed by atoms with Gasteiger partial charge in [-0.1, -0.05) is 92.7 Å². The Morgan fingerprint density at radius 1 is 0.800 bits per heavy atom. The van der Waals surface area contributed by atoms with Gasteiger partial charge in [-0.15, -0.1) is 0 Å². The van der Waals surface area contributed by atoms with Crippen molar-refractivity contribution in [1.82, 2.24) is 0 Å². The normalized spacial score (nSPS) is 13.6. The van der Waals surface area contributed by atoms with Crippen molar-refractivity contribution in [2.24, 2.45) is 0 Å². The Balaban J connectivity index is 0.00000461. The van der Waals surface area contributed by atoms with E-state index in [1.807, 2.05) is 24.3 Å². The van der Waals surface area contributed by atoms with Crippen molar-refractivity contribution in [3.63, 3.8) is 0 Å². The molecule has 0 heterocycles. The SMILES string of the molecule is CCC(Nc1ccc(C(=C2C=CC(=[NH+]C(CC)c3ccccc3)C=C2)c2ccc(SOO[O-])cc2C)cc1)c1ccccc1.[Na+]. The molecular weight excluding hydrogens is 587 g/mol. The van der Waals surface area contributed by atoms with Gasteiger partial charge in [-0.05, 0) is 83.2 Å². The van der Waals surface area contributed by atoms with E-state index in [0.717, 1.165) is 69.0 Å². The monoisotopic (exact) mass is 625 g/mol. The van der Waals surface area contributed by atoms with Crippen LogP contribution in [0, 0.1) is 6.92 Å². The standard InChI is InChI=1S/C38H38N2O3S.Na/c1-4-36(28-12-8-6-9-13-28)39-32-20-16-30(17-21-32)38(35-25-24-34(26-27(35)3)44-43-42-41)31-18-22-33(23-19-31)40-37(5-2)29-14-10-7-11-15-29;/h6-26,36-37,39,41H,4-5H2,1-3H3;/q;+1. The summed E-state index contributed by atoms with van der Waals surface area (Å²) in [5.74, 6) is 0. The summed E-state index contributed by atoms with van der Waals surface area (Å²) >= 11 is 0.902. The van der Waals surface area contributed by atoms with Crippen LogP contribution in [-0.2, 0) is 9.37 Å². The fraction of sp³-hybridized carbons (Fsp3) is 0.184. The van der Waals surface area contributed by atoms with Gasteiger partial charge in [-0.25, -0.2) is 4.99 Å². The number of hydrogen-bond acceptors (Lipinski definition) is 5. The van der Waals surface area contributed by atoms with E-state index in [9.17, 15) is 5.26 Å². The third-order valence-electron chi connectivity index (χ3n) is 7.87. The third-order valence-corrected chi connectivity index (χ3v) is 8.44. The number of nitrogens with one attached hydrogen (secondary N) is 2. The molecule has 0 radical (unpaired) electrons. The molecule has 2 unspecified atom stereocenters. The molecule has 4 aromatic carbocycles. The molecule has 45 heavy (non-hydrogen) atoms. The smallest absolute Gasteiger partial charge is 0.691 e. The minimum Gasteiger partial charge on any atom is -0.691 e. The molecule has 0 bridgehead atoms. The van der Waals surface area contributed by atoms with E-state index in [1.54, 1.807) is 0 Å². The summed E-state index contributed by atoms with van der Waals surface area (Å²) in [5, 5.41) is 17.6. The second-order valence-corrected chi connectivity index (χ2v) is 11.5. The van der Waals surface area contributed by atoms with E-state index in [-0.39, 0.29) is 41.6 Å². The van der Waals surface area contributed by atoms with Gasteiger partial charge in [0.05, 0.1) is 18.1 Å². The van der Waals surface area contributed by atoms with Crippen LogP contribution in [0.5, 0.6) is 0 Å². The van der Waals surface area contributed by atoms with Crippen molar-refractivity contribution in [3.8, 4) is 0 Å². The second kappa shape index (κ2) is 17.5. The van der Waals surface area contributed by atoms with E-state index in [2.05, 4.69) is 144 Å². The number of rotatable bonds is 12. The number of benzene rings is 4. The quantitative estimate of drug-likeness (QED) is 0.106. The van der Waals surface area contributed by atoms with Gasteiger partial charge in [0.15, 0.2) is 11.8 Å².